The lowest BCUT2D eigenvalue weighted by molar-refractivity contribution is -0.118. The first-order valence-electron chi connectivity index (χ1n) is 4.25. The highest BCUT2D eigenvalue weighted by atomic mass is 16.5. The van der Waals surface area contributed by atoms with Crippen LogP contribution in [0.15, 0.2) is 0 Å². The van der Waals surface area contributed by atoms with Crippen LogP contribution < -0.4 is 11.1 Å². The highest BCUT2D eigenvalue weighted by Gasteiger charge is 1.92. The number of carbonyl (C=O) groups excluding carboxylic acids is 1. The molecule has 0 radical (unpaired) electrons. The smallest absolute Gasteiger partial charge is 0.217 e. The standard InChI is InChI=1S/C8H18N2O2/c1-12-7-3-6-10-5-2-4-8(9)11/h10H,2-7H2,1H3,(H2,9,11). The third-order valence-electron chi connectivity index (χ3n) is 1.48. The number of methoxy groups -OCH3 is 1. The van der Waals surface area contributed by atoms with E-state index in [-0.39, 0.29) is 5.91 Å². The highest BCUT2D eigenvalue weighted by Crippen LogP contribution is 1.84. The van der Waals surface area contributed by atoms with Crippen molar-refractivity contribution in [3.8, 4) is 0 Å². The highest BCUT2D eigenvalue weighted by molar-refractivity contribution is 5.73. The van der Waals surface area contributed by atoms with Gasteiger partial charge in [-0.3, -0.25) is 4.79 Å². The van der Waals surface area contributed by atoms with E-state index in [0.717, 1.165) is 32.5 Å². The SMILES string of the molecule is COCCCNCCCC(N)=O. The molecule has 0 aromatic heterocycles. The fourth-order valence-electron chi connectivity index (χ4n) is 0.854. The average molecular weight is 174 g/mol. The van der Waals surface area contributed by atoms with Crippen molar-refractivity contribution >= 4 is 5.91 Å². The number of ether oxygens (including phenoxy) is 1. The Bertz CT molecular complexity index is 118. The second kappa shape index (κ2) is 8.49. The van der Waals surface area contributed by atoms with Crippen molar-refractivity contribution in [1.82, 2.24) is 5.32 Å². The fourth-order valence-corrected chi connectivity index (χ4v) is 0.854. The summed E-state index contributed by atoms with van der Waals surface area (Å²) in [4.78, 5) is 10.3. The number of nitrogens with two attached hydrogens (primary N) is 1. The number of amides is 1. The first kappa shape index (κ1) is 11.4. The first-order valence-corrected chi connectivity index (χ1v) is 4.25. The van der Waals surface area contributed by atoms with Gasteiger partial charge in [-0.1, -0.05) is 0 Å². The maximum absolute atomic E-state index is 10.3. The van der Waals surface area contributed by atoms with Crippen molar-refractivity contribution in [3.05, 3.63) is 0 Å². The Hall–Kier alpha value is -0.610. The number of nitrogens with one attached hydrogen (secondary N) is 1. The summed E-state index contributed by atoms with van der Waals surface area (Å²) in [6.07, 6.45) is 2.30. The van der Waals surface area contributed by atoms with Gasteiger partial charge >= 0.3 is 0 Å². The van der Waals surface area contributed by atoms with Crippen LogP contribution in [0.1, 0.15) is 19.3 Å². The van der Waals surface area contributed by atoms with Crippen molar-refractivity contribution in [2.75, 3.05) is 26.8 Å². The molecule has 0 unspecified atom stereocenters. The van der Waals surface area contributed by atoms with Gasteiger partial charge in [0.05, 0.1) is 0 Å². The van der Waals surface area contributed by atoms with E-state index in [1.54, 1.807) is 7.11 Å². The molecule has 0 aliphatic rings. The molecule has 72 valence electrons. The zero-order valence-corrected chi connectivity index (χ0v) is 7.64. The normalized spacial score (nSPS) is 10.1. The predicted octanol–water partition coefficient (Wildman–Crippen LogP) is -0.122. The Labute approximate surface area is 73.5 Å². The molecule has 0 fully saturated rings. The minimum absolute atomic E-state index is 0.228. The molecule has 0 rings (SSSR count). The molecule has 0 heterocycles. The minimum atomic E-state index is -0.228. The van der Waals surface area contributed by atoms with Gasteiger partial charge in [0, 0.05) is 20.1 Å². The van der Waals surface area contributed by atoms with Gasteiger partial charge in [-0.15, -0.1) is 0 Å². The Kier molecular flexibility index (Phi) is 8.05. The molecule has 0 saturated heterocycles. The Morgan fingerprint density at radius 2 is 2.08 bits per heavy atom. The number of primary amides is 1. The van der Waals surface area contributed by atoms with Gasteiger partial charge in [-0.2, -0.15) is 0 Å². The lowest BCUT2D eigenvalue weighted by atomic mass is 10.3. The first-order chi connectivity index (χ1) is 5.77. The average Bonchev–Trinajstić information content (AvgIpc) is 2.02. The van der Waals surface area contributed by atoms with Gasteiger partial charge in [0.2, 0.25) is 5.91 Å². The van der Waals surface area contributed by atoms with E-state index < -0.39 is 0 Å². The van der Waals surface area contributed by atoms with Crippen molar-refractivity contribution < 1.29 is 9.53 Å². The Balaban J connectivity index is 2.86. The molecule has 12 heavy (non-hydrogen) atoms. The molecule has 0 saturated carbocycles. The monoisotopic (exact) mass is 174 g/mol. The van der Waals surface area contributed by atoms with Crippen LogP contribution in [0.25, 0.3) is 0 Å². The molecule has 0 aliphatic heterocycles. The largest absolute Gasteiger partial charge is 0.385 e. The molecule has 4 nitrogen and oxygen atoms in total. The zero-order valence-electron chi connectivity index (χ0n) is 7.64. The van der Waals surface area contributed by atoms with E-state index >= 15 is 0 Å². The second-order valence-electron chi connectivity index (χ2n) is 2.67. The Morgan fingerprint density at radius 3 is 2.67 bits per heavy atom. The van der Waals surface area contributed by atoms with E-state index in [1.165, 1.54) is 0 Å². The molecular weight excluding hydrogens is 156 g/mol. The lowest BCUT2D eigenvalue weighted by Gasteiger charge is -2.02. The molecule has 0 aliphatic carbocycles. The molecule has 0 atom stereocenters. The van der Waals surface area contributed by atoms with E-state index in [2.05, 4.69) is 5.32 Å². The maximum Gasteiger partial charge on any atom is 0.217 e. The molecule has 4 heteroatoms. The van der Waals surface area contributed by atoms with Crippen LogP contribution in [0.5, 0.6) is 0 Å². The van der Waals surface area contributed by atoms with E-state index in [4.69, 9.17) is 10.5 Å². The van der Waals surface area contributed by atoms with Crippen LogP contribution in [-0.2, 0) is 9.53 Å². The summed E-state index contributed by atoms with van der Waals surface area (Å²) >= 11 is 0. The summed E-state index contributed by atoms with van der Waals surface area (Å²) in [5.74, 6) is -0.228. The second-order valence-corrected chi connectivity index (χ2v) is 2.67. The quantitative estimate of drug-likeness (QED) is 0.504. The van der Waals surface area contributed by atoms with Crippen molar-refractivity contribution in [2.24, 2.45) is 5.73 Å². The number of hydrogen-bond donors (Lipinski definition) is 2. The molecule has 0 bridgehead atoms. The van der Waals surface area contributed by atoms with Gasteiger partial charge in [0.25, 0.3) is 0 Å². The summed E-state index contributed by atoms with van der Waals surface area (Å²) in [7, 11) is 1.69. The topological polar surface area (TPSA) is 64.3 Å². The number of rotatable bonds is 8. The van der Waals surface area contributed by atoms with E-state index in [1.807, 2.05) is 0 Å². The summed E-state index contributed by atoms with van der Waals surface area (Å²) in [5.41, 5.74) is 4.97. The summed E-state index contributed by atoms with van der Waals surface area (Å²) in [6.45, 7) is 2.57. The van der Waals surface area contributed by atoms with Crippen molar-refractivity contribution in [2.45, 2.75) is 19.3 Å². The Morgan fingerprint density at radius 1 is 1.42 bits per heavy atom. The lowest BCUT2D eigenvalue weighted by Crippen LogP contribution is -2.20. The van der Waals surface area contributed by atoms with Crippen molar-refractivity contribution in [3.63, 3.8) is 0 Å². The predicted molar refractivity (Wildman–Crippen MR) is 47.8 cm³/mol. The van der Waals surface area contributed by atoms with E-state index in [0.29, 0.717) is 6.42 Å². The minimum Gasteiger partial charge on any atom is -0.385 e. The third kappa shape index (κ3) is 9.39. The van der Waals surface area contributed by atoms with Crippen LogP contribution in [-0.4, -0.2) is 32.7 Å². The number of carbonyl (C=O) groups is 1. The summed E-state index contributed by atoms with van der Waals surface area (Å²) in [6, 6.07) is 0. The third-order valence-corrected chi connectivity index (χ3v) is 1.48. The molecular formula is C8H18N2O2. The molecule has 3 N–H and O–H groups in total. The van der Waals surface area contributed by atoms with Gasteiger partial charge in [0.15, 0.2) is 0 Å². The fraction of sp³-hybridized carbons (Fsp3) is 0.875. The van der Waals surface area contributed by atoms with Crippen LogP contribution in [0.3, 0.4) is 0 Å². The maximum atomic E-state index is 10.3. The van der Waals surface area contributed by atoms with Crippen LogP contribution in [0, 0.1) is 0 Å². The van der Waals surface area contributed by atoms with Crippen LogP contribution >= 0.6 is 0 Å². The summed E-state index contributed by atoms with van der Waals surface area (Å²) in [5, 5.41) is 3.19. The molecule has 1 amide bonds. The summed E-state index contributed by atoms with van der Waals surface area (Å²) < 4.78 is 4.87. The van der Waals surface area contributed by atoms with Crippen molar-refractivity contribution in [1.29, 1.82) is 0 Å². The molecule has 0 aromatic carbocycles. The molecule has 0 spiro atoms. The van der Waals surface area contributed by atoms with Gasteiger partial charge in [0.1, 0.15) is 0 Å². The van der Waals surface area contributed by atoms with Gasteiger partial charge < -0.3 is 15.8 Å². The van der Waals surface area contributed by atoms with Gasteiger partial charge in [-0.05, 0) is 25.9 Å². The van der Waals surface area contributed by atoms with Crippen LogP contribution in [0.4, 0.5) is 0 Å². The van der Waals surface area contributed by atoms with Crippen LogP contribution in [0.2, 0.25) is 0 Å². The number of hydrogen-bond acceptors (Lipinski definition) is 3. The molecule has 0 aromatic rings. The zero-order chi connectivity index (χ0) is 9.23. The van der Waals surface area contributed by atoms with Gasteiger partial charge in [-0.25, -0.2) is 0 Å². The van der Waals surface area contributed by atoms with E-state index in [9.17, 15) is 4.79 Å².